The third kappa shape index (κ3) is 4.70. The lowest BCUT2D eigenvalue weighted by Crippen LogP contribution is -2.50. The van der Waals surface area contributed by atoms with Gasteiger partial charge < -0.3 is 14.5 Å². The van der Waals surface area contributed by atoms with Crippen LogP contribution in [0.4, 0.5) is 5.69 Å². The number of carbonyl (C=O) groups excluding carboxylic acids is 2. The number of methoxy groups -OCH3 is 1. The molecule has 1 atom stereocenters. The summed E-state index contributed by atoms with van der Waals surface area (Å²) in [4.78, 5) is 31.5. The first-order valence-corrected chi connectivity index (χ1v) is 10.5. The number of benzene rings is 2. The summed E-state index contributed by atoms with van der Waals surface area (Å²) in [7, 11) is 1.60. The van der Waals surface area contributed by atoms with Gasteiger partial charge in [-0.25, -0.2) is 0 Å². The second-order valence-corrected chi connectivity index (χ2v) is 8.02. The molecule has 2 saturated heterocycles. The van der Waals surface area contributed by atoms with Gasteiger partial charge in [0, 0.05) is 57.4 Å². The molecule has 2 aliphatic heterocycles. The number of hydrogen-bond donors (Lipinski definition) is 0. The van der Waals surface area contributed by atoms with Crippen LogP contribution >= 0.6 is 0 Å². The Balaban J connectivity index is 1.31. The molecule has 2 fully saturated rings. The van der Waals surface area contributed by atoms with Crippen LogP contribution in [0.25, 0.3) is 0 Å². The molecule has 31 heavy (non-hydrogen) atoms. The second-order valence-electron chi connectivity index (χ2n) is 8.02. The van der Waals surface area contributed by atoms with E-state index < -0.39 is 0 Å². The summed E-state index contributed by atoms with van der Waals surface area (Å²) < 4.78 is 5.25. The first-order valence-electron chi connectivity index (χ1n) is 10.5. The van der Waals surface area contributed by atoms with Gasteiger partial charge in [-0.2, -0.15) is 5.26 Å². The number of amides is 2. The third-order valence-corrected chi connectivity index (χ3v) is 6.01. The summed E-state index contributed by atoms with van der Waals surface area (Å²) in [5.74, 6) is 0.435. The molecule has 0 aromatic heterocycles. The highest BCUT2D eigenvalue weighted by molar-refractivity contribution is 6.00. The van der Waals surface area contributed by atoms with Crippen molar-refractivity contribution < 1.29 is 14.3 Å². The van der Waals surface area contributed by atoms with E-state index >= 15 is 0 Å². The van der Waals surface area contributed by atoms with Crippen LogP contribution < -0.4 is 9.64 Å². The van der Waals surface area contributed by atoms with Gasteiger partial charge in [0.1, 0.15) is 5.75 Å². The van der Waals surface area contributed by atoms with Crippen LogP contribution in [0.5, 0.6) is 5.75 Å². The fourth-order valence-corrected chi connectivity index (χ4v) is 4.23. The molecule has 4 rings (SSSR count). The van der Waals surface area contributed by atoms with Gasteiger partial charge in [-0.3, -0.25) is 14.5 Å². The van der Waals surface area contributed by atoms with Crippen molar-refractivity contribution >= 4 is 17.5 Å². The van der Waals surface area contributed by atoms with Crippen molar-refractivity contribution in [3.63, 3.8) is 0 Å². The number of nitrogens with zero attached hydrogens (tertiary/aromatic N) is 4. The van der Waals surface area contributed by atoms with Gasteiger partial charge >= 0.3 is 0 Å². The Labute approximate surface area is 182 Å². The zero-order valence-corrected chi connectivity index (χ0v) is 17.7. The summed E-state index contributed by atoms with van der Waals surface area (Å²) in [6.45, 7) is 4.14. The quantitative estimate of drug-likeness (QED) is 0.745. The maximum atomic E-state index is 13.1. The number of anilines is 1. The molecule has 2 amide bonds. The van der Waals surface area contributed by atoms with Gasteiger partial charge in [0.2, 0.25) is 11.8 Å². The molecule has 7 nitrogen and oxygen atoms in total. The lowest BCUT2D eigenvalue weighted by Gasteiger charge is -2.36. The number of carbonyl (C=O) groups is 2. The van der Waals surface area contributed by atoms with Gasteiger partial charge in [0.05, 0.1) is 24.7 Å². The summed E-state index contributed by atoms with van der Waals surface area (Å²) in [5, 5.41) is 8.91. The molecule has 0 saturated carbocycles. The average molecular weight is 418 g/mol. The maximum Gasteiger partial charge on any atom is 0.228 e. The summed E-state index contributed by atoms with van der Waals surface area (Å²) >= 11 is 0. The average Bonchev–Trinajstić information content (AvgIpc) is 3.21. The van der Waals surface area contributed by atoms with Gasteiger partial charge in [-0.15, -0.1) is 0 Å². The minimum absolute atomic E-state index is 0.0222. The van der Waals surface area contributed by atoms with E-state index in [1.54, 1.807) is 12.0 Å². The highest BCUT2D eigenvalue weighted by Gasteiger charge is 2.38. The van der Waals surface area contributed by atoms with Gasteiger partial charge in [0.15, 0.2) is 0 Å². The fourth-order valence-electron chi connectivity index (χ4n) is 4.23. The van der Waals surface area contributed by atoms with E-state index in [9.17, 15) is 9.59 Å². The van der Waals surface area contributed by atoms with E-state index in [1.165, 1.54) is 0 Å². The number of piperazine rings is 1. The van der Waals surface area contributed by atoms with Crippen molar-refractivity contribution in [1.29, 1.82) is 5.26 Å². The maximum absolute atomic E-state index is 13.1. The molecule has 0 bridgehead atoms. The van der Waals surface area contributed by atoms with Crippen molar-refractivity contribution in [2.45, 2.75) is 13.0 Å². The minimum atomic E-state index is -0.302. The molecule has 2 aromatic carbocycles. The molecule has 7 heteroatoms. The highest BCUT2D eigenvalue weighted by Crippen LogP contribution is 2.29. The van der Waals surface area contributed by atoms with Crippen LogP contribution in [-0.4, -0.2) is 61.4 Å². The van der Waals surface area contributed by atoms with E-state index in [4.69, 9.17) is 10.00 Å². The Hall–Kier alpha value is -3.37. The lowest BCUT2D eigenvalue weighted by molar-refractivity contribution is -0.137. The van der Waals surface area contributed by atoms with Gasteiger partial charge in [-0.1, -0.05) is 18.2 Å². The smallest absolute Gasteiger partial charge is 0.228 e. The molecule has 0 spiro atoms. The van der Waals surface area contributed by atoms with Crippen LogP contribution in [0.15, 0.2) is 48.5 Å². The van der Waals surface area contributed by atoms with Crippen molar-refractivity contribution in [1.82, 2.24) is 9.80 Å². The lowest BCUT2D eigenvalue weighted by atomic mass is 10.1. The van der Waals surface area contributed by atoms with Gasteiger partial charge in [-0.05, 0) is 29.8 Å². The van der Waals surface area contributed by atoms with Crippen molar-refractivity contribution in [2.75, 3.05) is 44.7 Å². The Morgan fingerprint density at radius 1 is 1.13 bits per heavy atom. The predicted octanol–water partition coefficient (Wildman–Crippen LogP) is 2.26. The monoisotopic (exact) mass is 418 g/mol. The van der Waals surface area contributed by atoms with E-state index in [1.807, 2.05) is 53.4 Å². The Bertz CT molecular complexity index is 991. The topological polar surface area (TPSA) is 76.9 Å². The molecular formula is C24H26N4O3. The van der Waals surface area contributed by atoms with Crippen LogP contribution in [0.3, 0.4) is 0 Å². The molecule has 0 aliphatic carbocycles. The molecule has 160 valence electrons. The highest BCUT2D eigenvalue weighted by atomic mass is 16.5. The first-order chi connectivity index (χ1) is 15.1. The van der Waals surface area contributed by atoms with Gasteiger partial charge in [0.25, 0.3) is 0 Å². The molecule has 0 N–H and O–H groups in total. The number of nitriles is 1. The van der Waals surface area contributed by atoms with E-state index in [2.05, 4.69) is 11.0 Å². The van der Waals surface area contributed by atoms with E-state index in [0.717, 1.165) is 30.9 Å². The molecule has 0 radical (unpaired) electrons. The van der Waals surface area contributed by atoms with E-state index in [-0.39, 0.29) is 24.2 Å². The molecule has 0 unspecified atom stereocenters. The third-order valence-electron chi connectivity index (χ3n) is 6.01. The minimum Gasteiger partial charge on any atom is -0.497 e. The van der Waals surface area contributed by atoms with Crippen LogP contribution in [-0.2, 0) is 16.1 Å². The normalized spacial score (nSPS) is 19.4. The molecular weight excluding hydrogens is 392 g/mol. The van der Waals surface area contributed by atoms with Crippen molar-refractivity contribution in [3.05, 3.63) is 59.7 Å². The summed E-state index contributed by atoms with van der Waals surface area (Å²) in [6, 6.07) is 17.1. The zero-order valence-electron chi connectivity index (χ0n) is 17.7. The van der Waals surface area contributed by atoms with Crippen molar-refractivity contribution in [2.24, 2.45) is 5.92 Å². The molecule has 2 heterocycles. The van der Waals surface area contributed by atoms with Crippen LogP contribution in [0.2, 0.25) is 0 Å². The van der Waals surface area contributed by atoms with Crippen molar-refractivity contribution in [3.8, 4) is 11.8 Å². The Kier molecular flexibility index (Phi) is 6.19. The Morgan fingerprint density at radius 2 is 1.87 bits per heavy atom. The van der Waals surface area contributed by atoms with Crippen LogP contribution in [0, 0.1) is 17.2 Å². The summed E-state index contributed by atoms with van der Waals surface area (Å²) in [5.41, 5.74) is 2.59. The summed E-state index contributed by atoms with van der Waals surface area (Å²) in [6.07, 6.45) is 0.251. The fraction of sp³-hybridized carbons (Fsp3) is 0.375. The van der Waals surface area contributed by atoms with E-state index in [0.29, 0.717) is 30.9 Å². The number of hydrogen-bond acceptors (Lipinski definition) is 5. The second kappa shape index (κ2) is 9.19. The largest absolute Gasteiger partial charge is 0.497 e. The van der Waals surface area contributed by atoms with Crippen LogP contribution in [0.1, 0.15) is 17.5 Å². The SMILES string of the molecule is COc1cccc(N2C[C@H](C(=O)N3CCN(Cc4ccc(C#N)cc4)CC3)CC2=O)c1. The Morgan fingerprint density at radius 3 is 2.55 bits per heavy atom. The molecule has 2 aliphatic rings. The zero-order chi connectivity index (χ0) is 21.8. The first kappa shape index (κ1) is 20.9. The standard InChI is InChI=1S/C24H26N4O3/c1-31-22-4-2-3-21(14-22)28-17-20(13-23(28)29)24(30)27-11-9-26(10-12-27)16-19-7-5-18(15-25)6-8-19/h2-8,14,20H,9-13,16-17H2,1H3/t20-/m1/s1. The number of rotatable bonds is 5. The molecule has 2 aromatic rings. The predicted molar refractivity (Wildman–Crippen MR) is 116 cm³/mol. The number of ether oxygens (including phenoxy) is 1.